The standard InChI is InChI=1S/C13H22N4O/c1-17-13(11(18-2)7-15-17)12(16-14)10-6-8-3-4-9(10)5-8/h7-10,12,16H,3-6,14H2,1-2H3. The highest BCUT2D eigenvalue weighted by atomic mass is 16.5. The molecule has 2 saturated carbocycles. The Hall–Kier alpha value is -1.07. The Bertz CT molecular complexity index is 431. The molecule has 0 aliphatic heterocycles. The number of hydrazine groups is 1. The zero-order valence-electron chi connectivity index (χ0n) is 11.1. The van der Waals surface area contributed by atoms with Crippen molar-refractivity contribution in [2.75, 3.05) is 7.11 Å². The number of methoxy groups -OCH3 is 1. The molecule has 18 heavy (non-hydrogen) atoms. The van der Waals surface area contributed by atoms with Crippen LogP contribution in [0.1, 0.15) is 37.4 Å². The van der Waals surface area contributed by atoms with Gasteiger partial charge < -0.3 is 4.74 Å². The van der Waals surface area contributed by atoms with Crippen molar-refractivity contribution in [1.82, 2.24) is 15.2 Å². The molecule has 5 heteroatoms. The van der Waals surface area contributed by atoms with Gasteiger partial charge in [-0.3, -0.25) is 16.0 Å². The molecule has 0 spiro atoms. The van der Waals surface area contributed by atoms with Gasteiger partial charge >= 0.3 is 0 Å². The molecule has 4 unspecified atom stereocenters. The lowest BCUT2D eigenvalue weighted by Gasteiger charge is -2.30. The maximum absolute atomic E-state index is 5.82. The second-order valence-electron chi connectivity index (χ2n) is 5.70. The van der Waals surface area contributed by atoms with E-state index >= 15 is 0 Å². The average molecular weight is 250 g/mol. The summed E-state index contributed by atoms with van der Waals surface area (Å²) in [5.41, 5.74) is 4.09. The summed E-state index contributed by atoms with van der Waals surface area (Å²) in [6.45, 7) is 0. The monoisotopic (exact) mass is 250 g/mol. The highest BCUT2D eigenvalue weighted by molar-refractivity contribution is 5.29. The van der Waals surface area contributed by atoms with Gasteiger partial charge in [-0.1, -0.05) is 6.42 Å². The molecule has 2 fully saturated rings. The fourth-order valence-electron chi connectivity index (χ4n) is 4.05. The Morgan fingerprint density at radius 1 is 1.50 bits per heavy atom. The Morgan fingerprint density at radius 2 is 2.33 bits per heavy atom. The molecule has 0 amide bonds. The van der Waals surface area contributed by atoms with E-state index in [4.69, 9.17) is 10.6 Å². The molecule has 100 valence electrons. The molecule has 1 heterocycles. The molecule has 2 aliphatic rings. The van der Waals surface area contributed by atoms with E-state index in [0.29, 0.717) is 5.92 Å². The number of fused-ring (bicyclic) bond motifs is 2. The fraction of sp³-hybridized carbons (Fsp3) is 0.769. The van der Waals surface area contributed by atoms with Crippen LogP contribution >= 0.6 is 0 Å². The van der Waals surface area contributed by atoms with Crippen LogP contribution < -0.4 is 16.0 Å². The summed E-state index contributed by atoms with van der Waals surface area (Å²) in [6.07, 6.45) is 7.19. The zero-order chi connectivity index (χ0) is 12.7. The lowest BCUT2D eigenvalue weighted by molar-refractivity contribution is 0.239. The molecule has 5 nitrogen and oxygen atoms in total. The smallest absolute Gasteiger partial charge is 0.161 e. The maximum atomic E-state index is 5.82. The van der Waals surface area contributed by atoms with Gasteiger partial charge in [0.15, 0.2) is 5.75 Å². The van der Waals surface area contributed by atoms with Gasteiger partial charge in [0.2, 0.25) is 0 Å². The molecule has 2 bridgehead atoms. The highest BCUT2D eigenvalue weighted by Crippen LogP contribution is 2.53. The number of aryl methyl sites for hydroxylation is 1. The Labute approximate surface area is 108 Å². The van der Waals surface area contributed by atoms with Crippen LogP contribution in [0.25, 0.3) is 0 Å². The van der Waals surface area contributed by atoms with Gasteiger partial charge in [-0.25, -0.2) is 0 Å². The Morgan fingerprint density at radius 3 is 2.89 bits per heavy atom. The third kappa shape index (κ3) is 1.73. The van der Waals surface area contributed by atoms with Crippen molar-refractivity contribution in [2.45, 2.75) is 31.7 Å². The third-order valence-corrected chi connectivity index (χ3v) is 4.86. The summed E-state index contributed by atoms with van der Waals surface area (Å²) in [5.74, 6) is 9.01. The predicted octanol–water partition coefficient (Wildman–Crippen LogP) is 1.37. The first kappa shape index (κ1) is 12.0. The molecule has 3 N–H and O–H groups in total. The Balaban J connectivity index is 1.90. The topological polar surface area (TPSA) is 65.1 Å². The molecule has 2 aliphatic carbocycles. The van der Waals surface area contributed by atoms with Crippen molar-refractivity contribution in [3.8, 4) is 5.75 Å². The number of aromatic nitrogens is 2. The van der Waals surface area contributed by atoms with Crippen LogP contribution in [0.5, 0.6) is 5.75 Å². The lowest BCUT2D eigenvalue weighted by Crippen LogP contribution is -2.37. The quantitative estimate of drug-likeness (QED) is 0.625. The van der Waals surface area contributed by atoms with Gasteiger partial charge in [-0.15, -0.1) is 0 Å². The van der Waals surface area contributed by atoms with Crippen LogP contribution in [0.15, 0.2) is 6.20 Å². The number of nitrogens with two attached hydrogens (primary N) is 1. The maximum Gasteiger partial charge on any atom is 0.161 e. The van der Waals surface area contributed by atoms with Gasteiger partial charge in [0, 0.05) is 7.05 Å². The number of nitrogens with zero attached hydrogens (tertiary/aromatic N) is 2. The second kappa shape index (κ2) is 4.55. The number of rotatable bonds is 4. The first-order chi connectivity index (χ1) is 8.74. The van der Waals surface area contributed by atoms with E-state index in [2.05, 4.69) is 10.5 Å². The third-order valence-electron chi connectivity index (χ3n) is 4.86. The van der Waals surface area contributed by atoms with Crippen molar-refractivity contribution >= 4 is 0 Å². The van der Waals surface area contributed by atoms with Crippen LogP contribution in [-0.2, 0) is 7.05 Å². The normalized spacial score (nSPS) is 31.8. The van der Waals surface area contributed by atoms with Crippen molar-refractivity contribution in [3.05, 3.63) is 11.9 Å². The van der Waals surface area contributed by atoms with Crippen LogP contribution in [0, 0.1) is 17.8 Å². The summed E-state index contributed by atoms with van der Waals surface area (Å²) in [4.78, 5) is 0. The van der Waals surface area contributed by atoms with Crippen molar-refractivity contribution in [1.29, 1.82) is 0 Å². The predicted molar refractivity (Wildman–Crippen MR) is 68.8 cm³/mol. The first-order valence-corrected chi connectivity index (χ1v) is 6.76. The van der Waals surface area contributed by atoms with Crippen molar-refractivity contribution in [2.24, 2.45) is 30.6 Å². The molecule has 1 aromatic heterocycles. The minimum absolute atomic E-state index is 0.155. The van der Waals surface area contributed by atoms with E-state index in [1.807, 2.05) is 11.7 Å². The average Bonchev–Trinajstić information content (AvgIpc) is 3.07. The summed E-state index contributed by atoms with van der Waals surface area (Å²) >= 11 is 0. The van der Waals surface area contributed by atoms with Gasteiger partial charge in [-0.2, -0.15) is 5.10 Å². The molecule has 3 rings (SSSR count). The molecule has 0 saturated heterocycles. The van der Waals surface area contributed by atoms with E-state index in [1.54, 1.807) is 13.3 Å². The van der Waals surface area contributed by atoms with Crippen molar-refractivity contribution < 1.29 is 4.74 Å². The molecule has 1 aromatic rings. The minimum atomic E-state index is 0.155. The van der Waals surface area contributed by atoms with Crippen LogP contribution in [0.4, 0.5) is 0 Å². The lowest BCUT2D eigenvalue weighted by atomic mass is 9.82. The minimum Gasteiger partial charge on any atom is -0.493 e. The number of ether oxygens (including phenoxy) is 1. The zero-order valence-corrected chi connectivity index (χ0v) is 11.1. The van der Waals surface area contributed by atoms with Crippen LogP contribution in [-0.4, -0.2) is 16.9 Å². The van der Waals surface area contributed by atoms with Crippen LogP contribution in [0.3, 0.4) is 0 Å². The number of nitrogens with one attached hydrogen (secondary N) is 1. The fourth-order valence-corrected chi connectivity index (χ4v) is 4.05. The molecule has 4 atom stereocenters. The van der Waals surface area contributed by atoms with Crippen LogP contribution in [0.2, 0.25) is 0 Å². The number of hydrogen-bond donors (Lipinski definition) is 2. The molecule has 0 aromatic carbocycles. The summed E-state index contributed by atoms with van der Waals surface area (Å²) in [5, 5.41) is 4.29. The second-order valence-corrected chi connectivity index (χ2v) is 5.70. The largest absolute Gasteiger partial charge is 0.493 e. The van der Waals surface area contributed by atoms with Gasteiger partial charge in [0.1, 0.15) is 0 Å². The van der Waals surface area contributed by atoms with E-state index in [-0.39, 0.29) is 6.04 Å². The highest BCUT2D eigenvalue weighted by Gasteiger charge is 2.44. The SMILES string of the molecule is COc1cnn(C)c1C(NN)C1CC2CCC1C2. The van der Waals surface area contributed by atoms with Gasteiger partial charge in [0.25, 0.3) is 0 Å². The van der Waals surface area contributed by atoms with E-state index in [1.165, 1.54) is 25.7 Å². The first-order valence-electron chi connectivity index (χ1n) is 6.76. The van der Waals surface area contributed by atoms with E-state index < -0.39 is 0 Å². The molecule has 0 radical (unpaired) electrons. The van der Waals surface area contributed by atoms with E-state index in [0.717, 1.165) is 23.3 Å². The summed E-state index contributed by atoms with van der Waals surface area (Å²) in [6, 6.07) is 0.155. The van der Waals surface area contributed by atoms with Gasteiger partial charge in [-0.05, 0) is 37.0 Å². The molecular formula is C13H22N4O. The Kier molecular flexibility index (Phi) is 3.03. The van der Waals surface area contributed by atoms with Gasteiger partial charge in [0.05, 0.1) is 25.0 Å². The summed E-state index contributed by atoms with van der Waals surface area (Å²) in [7, 11) is 3.64. The number of hydrogen-bond acceptors (Lipinski definition) is 4. The van der Waals surface area contributed by atoms with Crippen molar-refractivity contribution in [3.63, 3.8) is 0 Å². The molecular weight excluding hydrogens is 228 g/mol. The van der Waals surface area contributed by atoms with E-state index in [9.17, 15) is 0 Å². The summed E-state index contributed by atoms with van der Waals surface area (Å²) < 4.78 is 7.29.